The number of hydrogen-bond donors (Lipinski definition) is 1. The first-order chi connectivity index (χ1) is 15.0. The summed E-state index contributed by atoms with van der Waals surface area (Å²) in [7, 11) is 0. The smallest absolute Gasteiger partial charge is 0.270 e. The summed E-state index contributed by atoms with van der Waals surface area (Å²) in [5.41, 5.74) is 2.25. The molecule has 2 aromatic carbocycles. The summed E-state index contributed by atoms with van der Waals surface area (Å²) in [4.78, 5) is 25.8. The zero-order chi connectivity index (χ0) is 21.8. The molecule has 0 spiro atoms. The van der Waals surface area contributed by atoms with Crippen LogP contribution < -0.4 is 5.32 Å². The standard InChI is InChI=1S/C22H22ClN5O3/c23-17-4-3-5-19(14-17)27-21(22(29)24-10-13-26-11-1-2-12-26)15-20(25-27)16-6-8-18(9-7-16)28(30)31/h3-9,14-15H,1-2,10-13H2,(H,24,29). The van der Waals surface area contributed by atoms with E-state index >= 15 is 0 Å². The molecule has 1 fully saturated rings. The van der Waals surface area contributed by atoms with E-state index in [1.165, 1.54) is 25.0 Å². The van der Waals surface area contributed by atoms with Gasteiger partial charge in [-0.3, -0.25) is 14.9 Å². The molecule has 1 aliphatic heterocycles. The van der Waals surface area contributed by atoms with Crippen molar-refractivity contribution in [3.05, 3.63) is 75.4 Å². The zero-order valence-corrected chi connectivity index (χ0v) is 17.6. The second-order valence-corrected chi connectivity index (χ2v) is 7.85. The molecule has 31 heavy (non-hydrogen) atoms. The van der Waals surface area contributed by atoms with Crippen molar-refractivity contribution in [3.8, 4) is 16.9 Å². The van der Waals surface area contributed by atoms with Crippen LogP contribution in [0.4, 0.5) is 5.69 Å². The van der Waals surface area contributed by atoms with Crippen LogP contribution in [0.25, 0.3) is 16.9 Å². The van der Waals surface area contributed by atoms with Gasteiger partial charge < -0.3 is 10.2 Å². The van der Waals surface area contributed by atoms with Gasteiger partial charge in [-0.25, -0.2) is 4.68 Å². The van der Waals surface area contributed by atoms with Crippen molar-refractivity contribution in [1.29, 1.82) is 0 Å². The third kappa shape index (κ3) is 4.92. The molecule has 0 bridgehead atoms. The van der Waals surface area contributed by atoms with Crippen molar-refractivity contribution >= 4 is 23.2 Å². The van der Waals surface area contributed by atoms with Crippen LogP contribution in [0.2, 0.25) is 5.02 Å². The van der Waals surface area contributed by atoms with Crippen LogP contribution in [-0.4, -0.2) is 51.7 Å². The van der Waals surface area contributed by atoms with Crippen LogP contribution in [0.15, 0.2) is 54.6 Å². The van der Waals surface area contributed by atoms with Crippen molar-refractivity contribution < 1.29 is 9.72 Å². The minimum absolute atomic E-state index is 0.00194. The second kappa shape index (κ2) is 9.28. The molecular formula is C22H22ClN5O3. The van der Waals surface area contributed by atoms with Gasteiger partial charge in [0, 0.05) is 35.8 Å². The Morgan fingerprint density at radius 3 is 2.55 bits per heavy atom. The maximum atomic E-state index is 13.0. The monoisotopic (exact) mass is 439 g/mol. The highest BCUT2D eigenvalue weighted by molar-refractivity contribution is 6.30. The number of hydrogen-bond acceptors (Lipinski definition) is 5. The van der Waals surface area contributed by atoms with Crippen LogP contribution in [-0.2, 0) is 0 Å². The third-order valence-electron chi connectivity index (χ3n) is 5.28. The molecule has 9 heteroatoms. The minimum Gasteiger partial charge on any atom is -0.349 e. The predicted octanol–water partition coefficient (Wildman–Crippen LogP) is 3.93. The SMILES string of the molecule is O=C(NCCN1CCCC1)c1cc(-c2ccc([N+](=O)[O-])cc2)nn1-c1cccc(Cl)c1. The lowest BCUT2D eigenvalue weighted by Crippen LogP contribution is -2.34. The lowest BCUT2D eigenvalue weighted by atomic mass is 10.1. The molecule has 1 aliphatic rings. The molecule has 0 unspecified atom stereocenters. The first-order valence-corrected chi connectivity index (χ1v) is 10.5. The summed E-state index contributed by atoms with van der Waals surface area (Å²) in [5, 5.41) is 19.0. The van der Waals surface area contributed by atoms with E-state index in [2.05, 4.69) is 15.3 Å². The van der Waals surface area contributed by atoms with E-state index in [-0.39, 0.29) is 11.6 Å². The van der Waals surface area contributed by atoms with Gasteiger partial charge >= 0.3 is 0 Å². The number of aromatic nitrogens is 2. The van der Waals surface area contributed by atoms with E-state index < -0.39 is 4.92 Å². The van der Waals surface area contributed by atoms with Gasteiger partial charge in [0.1, 0.15) is 5.69 Å². The fourth-order valence-electron chi connectivity index (χ4n) is 3.67. The highest BCUT2D eigenvalue weighted by Gasteiger charge is 2.19. The normalized spacial score (nSPS) is 14.0. The van der Waals surface area contributed by atoms with Gasteiger partial charge in [0.2, 0.25) is 0 Å². The Bertz CT molecular complexity index is 1090. The van der Waals surface area contributed by atoms with Gasteiger partial charge in [-0.15, -0.1) is 0 Å². The molecule has 4 rings (SSSR count). The Morgan fingerprint density at radius 1 is 1.13 bits per heavy atom. The average Bonchev–Trinajstić information content (AvgIpc) is 3.44. The molecule has 0 aliphatic carbocycles. The van der Waals surface area contributed by atoms with Gasteiger partial charge in [-0.05, 0) is 62.3 Å². The Kier molecular flexibility index (Phi) is 6.29. The quantitative estimate of drug-likeness (QED) is 0.444. The first kappa shape index (κ1) is 21.0. The number of non-ortho nitro benzene ring substituents is 1. The number of carbonyl (C=O) groups is 1. The Morgan fingerprint density at radius 2 is 1.87 bits per heavy atom. The zero-order valence-electron chi connectivity index (χ0n) is 16.8. The molecule has 0 saturated carbocycles. The van der Waals surface area contributed by atoms with Crippen LogP contribution in [0, 0.1) is 10.1 Å². The number of halogens is 1. The number of nitrogens with zero attached hydrogens (tertiary/aromatic N) is 4. The second-order valence-electron chi connectivity index (χ2n) is 7.42. The number of rotatable bonds is 7. The van der Waals surface area contributed by atoms with Crippen molar-refractivity contribution in [2.75, 3.05) is 26.2 Å². The van der Waals surface area contributed by atoms with Crippen molar-refractivity contribution in [1.82, 2.24) is 20.0 Å². The Labute approximate surface area is 184 Å². The van der Waals surface area contributed by atoms with Gasteiger partial charge in [-0.2, -0.15) is 5.10 Å². The Balaban J connectivity index is 1.61. The van der Waals surface area contributed by atoms with E-state index in [1.54, 1.807) is 41.1 Å². The molecule has 1 N–H and O–H groups in total. The highest BCUT2D eigenvalue weighted by atomic mass is 35.5. The first-order valence-electron chi connectivity index (χ1n) is 10.1. The molecule has 2 heterocycles. The largest absolute Gasteiger partial charge is 0.349 e. The van der Waals surface area contributed by atoms with Gasteiger partial charge in [0.05, 0.1) is 16.3 Å². The lowest BCUT2D eigenvalue weighted by molar-refractivity contribution is -0.384. The number of carbonyl (C=O) groups excluding carboxylic acids is 1. The maximum absolute atomic E-state index is 13.0. The van der Waals surface area contributed by atoms with E-state index in [9.17, 15) is 14.9 Å². The summed E-state index contributed by atoms with van der Waals surface area (Å²) in [5.74, 6) is -0.236. The fourth-order valence-corrected chi connectivity index (χ4v) is 3.85. The van der Waals surface area contributed by atoms with E-state index in [0.717, 1.165) is 19.6 Å². The van der Waals surface area contributed by atoms with Gasteiger partial charge in [0.25, 0.3) is 11.6 Å². The number of nitro benzene ring substituents is 1. The molecule has 0 atom stereocenters. The van der Waals surface area contributed by atoms with Crippen LogP contribution in [0.3, 0.4) is 0 Å². The molecule has 1 aromatic heterocycles. The molecule has 0 radical (unpaired) electrons. The summed E-state index contributed by atoms with van der Waals surface area (Å²) in [6, 6.07) is 14.9. The van der Waals surface area contributed by atoms with Crippen LogP contribution >= 0.6 is 11.6 Å². The minimum atomic E-state index is -0.451. The topological polar surface area (TPSA) is 93.3 Å². The van der Waals surface area contributed by atoms with Gasteiger partial charge in [0.15, 0.2) is 0 Å². The number of nitro groups is 1. The van der Waals surface area contributed by atoms with Crippen molar-refractivity contribution in [2.45, 2.75) is 12.8 Å². The number of amides is 1. The molecule has 160 valence electrons. The summed E-state index contributed by atoms with van der Waals surface area (Å²) < 4.78 is 1.55. The van der Waals surface area contributed by atoms with E-state index in [1.807, 2.05) is 6.07 Å². The van der Waals surface area contributed by atoms with E-state index in [0.29, 0.717) is 34.2 Å². The molecule has 1 amide bonds. The predicted molar refractivity (Wildman–Crippen MR) is 119 cm³/mol. The maximum Gasteiger partial charge on any atom is 0.270 e. The van der Waals surface area contributed by atoms with Crippen LogP contribution in [0.1, 0.15) is 23.3 Å². The number of benzene rings is 2. The summed E-state index contributed by atoms with van der Waals surface area (Å²) in [6.45, 7) is 3.50. The van der Waals surface area contributed by atoms with Gasteiger partial charge in [-0.1, -0.05) is 17.7 Å². The lowest BCUT2D eigenvalue weighted by Gasteiger charge is -2.15. The van der Waals surface area contributed by atoms with Crippen molar-refractivity contribution in [3.63, 3.8) is 0 Å². The number of nitrogens with one attached hydrogen (secondary N) is 1. The van der Waals surface area contributed by atoms with Crippen molar-refractivity contribution in [2.24, 2.45) is 0 Å². The third-order valence-corrected chi connectivity index (χ3v) is 5.52. The van der Waals surface area contributed by atoms with Crippen LogP contribution in [0.5, 0.6) is 0 Å². The average molecular weight is 440 g/mol. The molecule has 1 saturated heterocycles. The molecule has 3 aromatic rings. The van der Waals surface area contributed by atoms with E-state index in [4.69, 9.17) is 11.6 Å². The summed E-state index contributed by atoms with van der Waals surface area (Å²) >= 11 is 6.14. The molecule has 8 nitrogen and oxygen atoms in total. The summed E-state index contributed by atoms with van der Waals surface area (Å²) in [6.07, 6.45) is 2.40. The Hall–Kier alpha value is -3.23. The highest BCUT2D eigenvalue weighted by Crippen LogP contribution is 2.25. The number of likely N-dealkylation sites (tertiary alicyclic amines) is 1. The molecular weight excluding hydrogens is 418 g/mol. The fraction of sp³-hybridized carbons (Fsp3) is 0.273.